The van der Waals surface area contributed by atoms with E-state index in [2.05, 4.69) is 4.72 Å². The van der Waals surface area contributed by atoms with E-state index in [1.54, 1.807) is 36.4 Å². The van der Waals surface area contributed by atoms with Gasteiger partial charge in [-0.3, -0.25) is 9.03 Å². The Balaban J connectivity index is 1.87. The first-order valence-corrected chi connectivity index (χ1v) is 11.0. The van der Waals surface area contributed by atoms with E-state index in [9.17, 15) is 16.8 Å². The third-order valence-corrected chi connectivity index (χ3v) is 6.09. The quantitative estimate of drug-likeness (QED) is 0.851. The zero-order valence-electron chi connectivity index (χ0n) is 13.5. The first kappa shape index (κ1) is 17.6. The van der Waals surface area contributed by atoms with Crippen LogP contribution in [0.1, 0.15) is 5.56 Å². The minimum Gasteiger partial charge on any atom is -0.489 e. The van der Waals surface area contributed by atoms with Crippen molar-refractivity contribution in [1.29, 1.82) is 0 Å². The van der Waals surface area contributed by atoms with Gasteiger partial charge >= 0.3 is 0 Å². The molecule has 1 aliphatic heterocycles. The summed E-state index contributed by atoms with van der Waals surface area (Å²) in [7, 11) is -7.10. The molecule has 0 aliphatic carbocycles. The fourth-order valence-electron chi connectivity index (χ4n) is 2.61. The highest BCUT2D eigenvalue weighted by molar-refractivity contribution is 7.92. The van der Waals surface area contributed by atoms with Gasteiger partial charge in [-0.15, -0.1) is 0 Å². The average molecular weight is 382 g/mol. The number of hydrogen-bond donors (Lipinski definition) is 1. The van der Waals surface area contributed by atoms with Crippen molar-refractivity contribution >= 4 is 31.4 Å². The molecule has 0 unspecified atom stereocenters. The molecule has 3 rings (SSSR count). The molecule has 2 aromatic rings. The molecule has 2 aromatic carbocycles. The van der Waals surface area contributed by atoms with Gasteiger partial charge in [0.25, 0.3) is 0 Å². The van der Waals surface area contributed by atoms with Crippen molar-refractivity contribution in [2.75, 3.05) is 28.4 Å². The highest BCUT2D eigenvalue weighted by atomic mass is 32.2. The van der Waals surface area contributed by atoms with Crippen molar-refractivity contribution in [3.63, 3.8) is 0 Å². The van der Waals surface area contributed by atoms with Crippen LogP contribution in [0.15, 0.2) is 48.5 Å². The van der Waals surface area contributed by atoms with Crippen molar-refractivity contribution in [2.45, 2.75) is 5.75 Å². The van der Waals surface area contributed by atoms with Crippen molar-refractivity contribution in [1.82, 2.24) is 0 Å². The first-order valence-electron chi connectivity index (χ1n) is 7.54. The van der Waals surface area contributed by atoms with Crippen LogP contribution in [0, 0.1) is 0 Å². The smallest absolute Gasteiger partial charge is 0.236 e. The van der Waals surface area contributed by atoms with Gasteiger partial charge in [-0.05, 0) is 23.8 Å². The van der Waals surface area contributed by atoms with Gasteiger partial charge in [-0.2, -0.15) is 0 Å². The fraction of sp³-hybridized carbons (Fsp3) is 0.250. The van der Waals surface area contributed by atoms with E-state index in [0.717, 1.165) is 6.26 Å². The zero-order valence-corrected chi connectivity index (χ0v) is 15.2. The molecule has 7 nitrogen and oxygen atoms in total. The molecule has 1 heterocycles. The second-order valence-electron chi connectivity index (χ2n) is 5.71. The van der Waals surface area contributed by atoms with Crippen LogP contribution in [-0.2, 0) is 25.8 Å². The van der Waals surface area contributed by atoms with E-state index < -0.39 is 20.0 Å². The van der Waals surface area contributed by atoms with Crippen LogP contribution in [0.5, 0.6) is 5.75 Å². The Morgan fingerprint density at radius 1 is 1.08 bits per heavy atom. The Morgan fingerprint density at radius 2 is 1.80 bits per heavy atom. The molecular formula is C16H18N2O5S2. The molecular weight excluding hydrogens is 364 g/mol. The molecule has 0 saturated heterocycles. The minimum atomic E-state index is -3.63. The van der Waals surface area contributed by atoms with Gasteiger partial charge in [0.05, 0.1) is 29.9 Å². The number of sulfonamides is 2. The van der Waals surface area contributed by atoms with Crippen molar-refractivity contribution in [3.8, 4) is 5.75 Å². The highest BCUT2D eigenvalue weighted by Crippen LogP contribution is 2.35. The molecule has 0 amide bonds. The maximum Gasteiger partial charge on any atom is 0.236 e. The number of anilines is 2. The summed E-state index contributed by atoms with van der Waals surface area (Å²) in [5, 5.41) is 0. The van der Waals surface area contributed by atoms with Crippen LogP contribution in [-0.4, -0.2) is 36.2 Å². The van der Waals surface area contributed by atoms with Crippen LogP contribution in [0.2, 0.25) is 0 Å². The van der Waals surface area contributed by atoms with Gasteiger partial charge < -0.3 is 4.74 Å². The summed E-state index contributed by atoms with van der Waals surface area (Å²) in [6.45, 7) is 0.436. The Bertz CT molecular complexity index is 973. The van der Waals surface area contributed by atoms with Crippen LogP contribution in [0.3, 0.4) is 0 Å². The van der Waals surface area contributed by atoms with Gasteiger partial charge in [-0.25, -0.2) is 16.8 Å². The van der Waals surface area contributed by atoms with Crippen molar-refractivity contribution in [3.05, 3.63) is 54.1 Å². The van der Waals surface area contributed by atoms with Gasteiger partial charge in [0.15, 0.2) is 0 Å². The average Bonchev–Trinajstić information content (AvgIpc) is 2.53. The van der Waals surface area contributed by atoms with E-state index in [1.807, 2.05) is 6.07 Å². The Labute approximate surface area is 147 Å². The number of benzene rings is 2. The number of nitrogens with one attached hydrogen (secondary N) is 1. The van der Waals surface area contributed by atoms with Gasteiger partial charge in [0, 0.05) is 0 Å². The Hall–Kier alpha value is -2.26. The molecule has 9 heteroatoms. The van der Waals surface area contributed by atoms with Gasteiger partial charge in [-0.1, -0.05) is 30.3 Å². The maximum absolute atomic E-state index is 12.3. The lowest BCUT2D eigenvalue weighted by molar-refractivity contribution is 0.316. The largest absolute Gasteiger partial charge is 0.489 e. The first-order chi connectivity index (χ1) is 11.7. The van der Waals surface area contributed by atoms with Crippen LogP contribution in [0.4, 0.5) is 11.4 Å². The van der Waals surface area contributed by atoms with E-state index >= 15 is 0 Å². The monoisotopic (exact) mass is 382 g/mol. The summed E-state index contributed by atoms with van der Waals surface area (Å²) >= 11 is 0. The molecule has 134 valence electrons. The van der Waals surface area contributed by atoms with E-state index in [0.29, 0.717) is 17.0 Å². The predicted octanol–water partition coefficient (Wildman–Crippen LogP) is 1.79. The van der Waals surface area contributed by atoms with Crippen LogP contribution < -0.4 is 13.8 Å². The highest BCUT2D eigenvalue weighted by Gasteiger charge is 2.26. The third-order valence-electron chi connectivity index (χ3n) is 3.65. The summed E-state index contributed by atoms with van der Waals surface area (Å²) in [5.41, 5.74) is 1.27. The Morgan fingerprint density at radius 3 is 2.48 bits per heavy atom. The lowest BCUT2D eigenvalue weighted by atomic mass is 10.2. The fourth-order valence-corrected chi connectivity index (χ4v) is 4.71. The number of nitrogens with zero attached hydrogens (tertiary/aromatic N) is 1. The van der Waals surface area contributed by atoms with Gasteiger partial charge in [0.1, 0.15) is 12.4 Å². The summed E-state index contributed by atoms with van der Waals surface area (Å²) in [6.07, 6.45) is 1.11. The number of rotatable bonds is 5. The zero-order chi connectivity index (χ0) is 18.1. The van der Waals surface area contributed by atoms with Crippen LogP contribution >= 0.6 is 0 Å². The molecule has 0 aromatic heterocycles. The summed E-state index contributed by atoms with van der Waals surface area (Å²) in [4.78, 5) is 0. The van der Waals surface area contributed by atoms with Crippen molar-refractivity contribution in [2.24, 2.45) is 0 Å². The summed E-state index contributed by atoms with van der Waals surface area (Å²) < 4.78 is 57.7. The summed E-state index contributed by atoms with van der Waals surface area (Å²) in [6, 6.07) is 13.4. The van der Waals surface area contributed by atoms with Crippen LogP contribution in [0.25, 0.3) is 0 Å². The molecule has 0 fully saturated rings. The number of fused-ring (bicyclic) bond motifs is 1. The number of ether oxygens (including phenoxy) is 1. The molecule has 0 saturated carbocycles. The van der Waals surface area contributed by atoms with E-state index in [1.165, 1.54) is 10.4 Å². The molecule has 0 radical (unpaired) electrons. The molecule has 25 heavy (non-hydrogen) atoms. The topological polar surface area (TPSA) is 92.8 Å². The number of hydrogen-bond acceptors (Lipinski definition) is 5. The predicted molar refractivity (Wildman–Crippen MR) is 96.8 cm³/mol. The minimum absolute atomic E-state index is 0.169. The molecule has 0 atom stereocenters. The second-order valence-corrected chi connectivity index (χ2v) is 9.34. The SMILES string of the molecule is CS(=O)(=O)N1CCOc2ccc(NS(=O)(=O)Cc3ccccc3)cc21. The van der Waals surface area contributed by atoms with Gasteiger partial charge in [0.2, 0.25) is 20.0 Å². The summed E-state index contributed by atoms with van der Waals surface area (Å²) in [5.74, 6) is 0.236. The normalized spacial score (nSPS) is 14.5. The maximum atomic E-state index is 12.3. The second kappa shape index (κ2) is 6.57. The molecule has 1 aliphatic rings. The Kier molecular flexibility index (Phi) is 4.61. The van der Waals surface area contributed by atoms with E-state index in [4.69, 9.17) is 4.74 Å². The molecule has 0 spiro atoms. The molecule has 0 bridgehead atoms. The standard InChI is InChI=1S/C16H18N2O5S2/c1-24(19,20)18-9-10-23-16-8-7-14(11-15(16)18)17-25(21,22)12-13-5-3-2-4-6-13/h2-8,11,17H,9-10,12H2,1H3. The third kappa shape index (κ3) is 4.23. The lowest BCUT2D eigenvalue weighted by Crippen LogP contribution is -2.37. The van der Waals surface area contributed by atoms with E-state index in [-0.39, 0.29) is 24.6 Å². The molecule has 1 N–H and O–H groups in total. The van der Waals surface area contributed by atoms with Crippen molar-refractivity contribution < 1.29 is 21.6 Å². The lowest BCUT2D eigenvalue weighted by Gasteiger charge is -2.29.